The zero-order chi connectivity index (χ0) is 21.7. The highest BCUT2D eigenvalue weighted by atomic mass is 32.2. The predicted molar refractivity (Wildman–Crippen MR) is 120 cm³/mol. The van der Waals surface area contributed by atoms with Crippen molar-refractivity contribution in [1.82, 2.24) is 5.32 Å². The van der Waals surface area contributed by atoms with Crippen LogP contribution >= 0.6 is 0 Å². The van der Waals surface area contributed by atoms with Crippen LogP contribution in [0.1, 0.15) is 25.5 Å². The van der Waals surface area contributed by atoms with Crippen LogP contribution in [0.2, 0.25) is 0 Å². The number of carbonyl (C=O) groups is 1. The fourth-order valence-electron chi connectivity index (χ4n) is 3.33. The van der Waals surface area contributed by atoms with Gasteiger partial charge in [-0.25, -0.2) is 8.42 Å². The first-order valence-electron chi connectivity index (χ1n) is 9.77. The minimum atomic E-state index is -3.66. The largest absolute Gasteiger partial charge is 0.494 e. The first kappa shape index (κ1) is 21.6. The predicted octanol–water partition coefficient (Wildman–Crippen LogP) is 3.88. The van der Waals surface area contributed by atoms with Gasteiger partial charge in [0.2, 0.25) is 15.9 Å². The third-order valence-corrected chi connectivity index (χ3v) is 5.92. The Bertz CT molecular complexity index is 1120. The number of nitrogens with zero attached hydrogens (tertiary/aromatic N) is 1. The SMILES string of the molecule is CCOc1ccc([C@@H](C)NC(=O)CN(c2cccc3ccccc23)S(C)(=O)=O)cc1. The molecule has 0 fully saturated rings. The molecule has 3 aromatic rings. The number of nitrogens with one attached hydrogen (secondary N) is 1. The second-order valence-electron chi connectivity index (χ2n) is 7.06. The second kappa shape index (κ2) is 9.17. The molecule has 0 bridgehead atoms. The molecule has 0 saturated carbocycles. The van der Waals surface area contributed by atoms with Crippen LogP contribution in [0.25, 0.3) is 10.8 Å². The number of ether oxygens (including phenoxy) is 1. The summed E-state index contributed by atoms with van der Waals surface area (Å²) >= 11 is 0. The Kier molecular flexibility index (Phi) is 6.62. The first-order chi connectivity index (χ1) is 14.3. The van der Waals surface area contributed by atoms with Crippen LogP contribution < -0.4 is 14.4 Å². The summed E-state index contributed by atoms with van der Waals surface area (Å²) < 4.78 is 31.6. The van der Waals surface area contributed by atoms with E-state index in [-0.39, 0.29) is 18.5 Å². The van der Waals surface area contributed by atoms with Crippen LogP contribution in [-0.2, 0) is 14.8 Å². The van der Waals surface area contributed by atoms with E-state index in [4.69, 9.17) is 4.74 Å². The zero-order valence-electron chi connectivity index (χ0n) is 17.3. The van der Waals surface area contributed by atoms with Crippen molar-refractivity contribution in [2.24, 2.45) is 0 Å². The summed E-state index contributed by atoms with van der Waals surface area (Å²) in [5.74, 6) is 0.383. The summed E-state index contributed by atoms with van der Waals surface area (Å²) in [7, 11) is -3.66. The normalized spacial score (nSPS) is 12.4. The lowest BCUT2D eigenvalue weighted by Gasteiger charge is -2.24. The summed E-state index contributed by atoms with van der Waals surface area (Å²) in [5.41, 5.74) is 1.39. The molecule has 0 spiro atoms. The molecular formula is C23H26N2O4S. The molecule has 0 radical (unpaired) electrons. The average Bonchev–Trinajstić information content (AvgIpc) is 2.71. The summed E-state index contributed by atoms with van der Waals surface area (Å²) in [6.45, 7) is 4.06. The third kappa shape index (κ3) is 5.10. The van der Waals surface area contributed by atoms with E-state index < -0.39 is 10.0 Å². The van der Waals surface area contributed by atoms with Crippen LogP contribution in [0.3, 0.4) is 0 Å². The van der Waals surface area contributed by atoms with Gasteiger partial charge >= 0.3 is 0 Å². The van der Waals surface area contributed by atoms with Crippen LogP contribution in [-0.4, -0.2) is 33.7 Å². The lowest BCUT2D eigenvalue weighted by molar-refractivity contribution is -0.120. The van der Waals surface area contributed by atoms with Crippen molar-refractivity contribution in [3.05, 3.63) is 72.3 Å². The summed E-state index contributed by atoms with van der Waals surface area (Å²) in [5, 5.41) is 4.57. The molecule has 0 aliphatic rings. The maximum atomic E-state index is 12.7. The van der Waals surface area contributed by atoms with Crippen LogP contribution in [0, 0.1) is 0 Å². The van der Waals surface area contributed by atoms with Crippen molar-refractivity contribution >= 4 is 32.4 Å². The molecule has 0 aromatic heterocycles. The van der Waals surface area contributed by atoms with E-state index >= 15 is 0 Å². The van der Waals surface area contributed by atoms with Crippen LogP contribution in [0.4, 0.5) is 5.69 Å². The van der Waals surface area contributed by atoms with Gasteiger partial charge in [0.1, 0.15) is 12.3 Å². The Hall–Kier alpha value is -3.06. The second-order valence-corrected chi connectivity index (χ2v) is 8.97. The number of fused-ring (bicyclic) bond motifs is 1. The van der Waals surface area contributed by atoms with Crippen molar-refractivity contribution in [3.63, 3.8) is 0 Å². The standard InChI is InChI=1S/C23H26N2O4S/c1-4-29-20-14-12-18(13-15-20)17(2)24-23(26)16-25(30(3,27)28)22-11-7-9-19-8-5-6-10-21(19)22/h5-15,17H,4,16H2,1-3H3,(H,24,26)/t17-/m1/s1. The van der Waals surface area contributed by atoms with Crippen molar-refractivity contribution < 1.29 is 17.9 Å². The first-order valence-corrected chi connectivity index (χ1v) is 11.6. The average molecular weight is 427 g/mol. The molecular weight excluding hydrogens is 400 g/mol. The van der Waals surface area contributed by atoms with Crippen LogP contribution in [0.5, 0.6) is 5.75 Å². The Labute approximate surface area is 177 Å². The highest BCUT2D eigenvalue weighted by Crippen LogP contribution is 2.28. The van der Waals surface area contributed by atoms with Crippen molar-refractivity contribution in [2.45, 2.75) is 19.9 Å². The van der Waals surface area contributed by atoms with Crippen molar-refractivity contribution in [1.29, 1.82) is 0 Å². The molecule has 1 atom stereocenters. The van der Waals surface area contributed by atoms with Crippen LogP contribution in [0.15, 0.2) is 66.7 Å². The Morgan fingerprint density at radius 3 is 2.37 bits per heavy atom. The minimum absolute atomic E-state index is 0.276. The number of rotatable bonds is 8. The van der Waals surface area contributed by atoms with Gasteiger partial charge in [-0.05, 0) is 43.0 Å². The zero-order valence-corrected chi connectivity index (χ0v) is 18.1. The fraction of sp³-hybridized carbons (Fsp3) is 0.261. The molecule has 0 aliphatic heterocycles. The minimum Gasteiger partial charge on any atom is -0.494 e. The van der Waals surface area contributed by atoms with Crippen molar-refractivity contribution in [3.8, 4) is 5.75 Å². The topological polar surface area (TPSA) is 75.7 Å². The number of hydrogen-bond donors (Lipinski definition) is 1. The molecule has 3 rings (SSSR count). The summed E-state index contributed by atoms with van der Waals surface area (Å²) in [6, 6.07) is 20.1. The highest BCUT2D eigenvalue weighted by molar-refractivity contribution is 7.92. The molecule has 0 unspecified atom stereocenters. The number of hydrogen-bond acceptors (Lipinski definition) is 4. The molecule has 1 amide bonds. The molecule has 0 aliphatic carbocycles. The Morgan fingerprint density at radius 2 is 1.70 bits per heavy atom. The number of benzene rings is 3. The van der Waals surface area contributed by atoms with Gasteiger partial charge in [-0.1, -0.05) is 48.5 Å². The fourth-order valence-corrected chi connectivity index (χ4v) is 4.20. The molecule has 30 heavy (non-hydrogen) atoms. The number of anilines is 1. The van der Waals surface area contributed by atoms with E-state index in [2.05, 4.69) is 5.32 Å². The molecule has 1 N–H and O–H groups in total. The van der Waals surface area contributed by atoms with E-state index in [9.17, 15) is 13.2 Å². The monoisotopic (exact) mass is 426 g/mol. The quantitative estimate of drug-likeness (QED) is 0.593. The lowest BCUT2D eigenvalue weighted by atomic mass is 10.1. The maximum Gasteiger partial charge on any atom is 0.241 e. The molecule has 7 heteroatoms. The summed E-state index contributed by atoms with van der Waals surface area (Å²) in [4.78, 5) is 12.7. The number of amides is 1. The van der Waals surface area contributed by atoms with Gasteiger partial charge in [-0.2, -0.15) is 0 Å². The highest BCUT2D eigenvalue weighted by Gasteiger charge is 2.23. The number of carbonyl (C=O) groups excluding carboxylic acids is 1. The van der Waals surface area contributed by atoms with Gasteiger partial charge in [0, 0.05) is 5.39 Å². The Balaban J connectivity index is 1.79. The van der Waals surface area contributed by atoms with Gasteiger partial charge in [-0.15, -0.1) is 0 Å². The third-order valence-electron chi connectivity index (χ3n) is 4.79. The van der Waals surface area contributed by atoms with Gasteiger partial charge in [-0.3, -0.25) is 9.10 Å². The van der Waals surface area contributed by atoms with Gasteiger partial charge in [0.15, 0.2) is 0 Å². The molecule has 0 saturated heterocycles. The molecule has 3 aromatic carbocycles. The van der Waals surface area contributed by atoms with Gasteiger partial charge in [0.05, 0.1) is 24.6 Å². The Morgan fingerprint density at radius 1 is 1.03 bits per heavy atom. The van der Waals surface area contributed by atoms with Gasteiger partial charge < -0.3 is 10.1 Å². The lowest BCUT2D eigenvalue weighted by Crippen LogP contribution is -2.41. The maximum absolute atomic E-state index is 12.7. The smallest absolute Gasteiger partial charge is 0.241 e. The molecule has 6 nitrogen and oxygen atoms in total. The van der Waals surface area contributed by atoms with Gasteiger partial charge in [0.25, 0.3) is 0 Å². The van der Waals surface area contributed by atoms with Crippen molar-refractivity contribution in [2.75, 3.05) is 23.7 Å². The molecule has 0 heterocycles. The van der Waals surface area contributed by atoms with E-state index in [0.29, 0.717) is 12.3 Å². The van der Waals surface area contributed by atoms with E-state index in [1.807, 2.05) is 68.4 Å². The van der Waals surface area contributed by atoms with E-state index in [1.54, 1.807) is 12.1 Å². The molecule has 158 valence electrons. The van der Waals surface area contributed by atoms with E-state index in [1.165, 1.54) is 0 Å². The summed E-state index contributed by atoms with van der Waals surface area (Å²) in [6.07, 6.45) is 1.11. The van der Waals surface area contributed by atoms with E-state index in [0.717, 1.165) is 32.6 Å². The number of sulfonamides is 1.